The summed E-state index contributed by atoms with van der Waals surface area (Å²) in [5.74, 6) is -0.150. The minimum absolute atomic E-state index is 0.0457. The van der Waals surface area contributed by atoms with E-state index in [4.69, 9.17) is 7.85 Å². The van der Waals surface area contributed by atoms with Gasteiger partial charge >= 0.3 is 5.97 Å². The molecule has 0 aliphatic rings. The number of methoxy groups -OCH3 is 1. The predicted molar refractivity (Wildman–Crippen MR) is 59.4 cm³/mol. The number of esters is 1. The first-order valence-corrected chi connectivity index (χ1v) is 4.99. The summed E-state index contributed by atoms with van der Waals surface area (Å²) in [5, 5.41) is 0. The van der Waals surface area contributed by atoms with Crippen LogP contribution in [0.3, 0.4) is 0 Å². The maximum Gasteiger partial charge on any atom is 0.306 e. The highest BCUT2D eigenvalue weighted by molar-refractivity contribution is 6.08. The zero-order valence-corrected chi connectivity index (χ0v) is 10.0. The van der Waals surface area contributed by atoms with Gasteiger partial charge in [0.25, 0.3) is 0 Å². The van der Waals surface area contributed by atoms with Crippen LogP contribution in [0, 0.1) is 10.8 Å². The highest BCUT2D eigenvalue weighted by Gasteiger charge is 2.29. The standard InChI is InChI=1S/C11H21BO2/c1-10(2,6-9(13)14-5)7-11(3,4)8-12/h6-8H2,1-5H3. The van der Waals surface area contributed by atoms with Gasteiger partial charge in [0.15, 0.2) is 0 Å². The number of hydrogen-bond acceptors (Lipinski definition) is 2. The van der Waals surface area contributed by atoms with Gasteiger partial charge in [-0.2, -0.15) is 0 Å². The topological polar surface area (TPSA) is 26.3 Å². The van der Waals surface area contributed by atoms with Crippen LogP contribution in [0.4, 0.5) is 0 Å². The van der Waals surface area contributed by atoms with Crippen molar-refractivity contribution < 1.29 is 9.53 Å². The van der Waals surface area contributed by atoms with Crippen molar-refractivity contribution in [3.05, 3.63) is 0 Å². The van der Waals surface area contributed by atoms with Crippen LogP contribution in [0.2, 0.25) is 6.32 Å². The molecule has 0 aliphatic heterocycles. The van der Waals surface area contributed by atoms with Gasteiger partial charge < -0.3 is 4.74 Å². The predicted octanol–water partition coefficient (Wildman–Crippen LogP) is 2.58. The Labute approximate surface area is 88.8 Å². The quantitative estimate of drug-likeness (QED) is 0.499. The van der Waals surface area contributed by atoms with E-state index in [0.29, 0.717) is 12.7 Å². The van der Waals surface area contributed by atoms with Crippen LogP contribution < -0.4 is 0 Å². The average molecular weight is 196 g/mol. The Balaban J connectivity index is 4.26. The molecule has 0 spiro atoms. The van der Waals surface area contributed by atoms with Crippen molar-refractivity contribution in [2.24, 2.45) is 10.8 Å². The molecule has 0 atom stereocenters. The van der Waals surface area contributed by atoms with Crippen molar-refractivity contribution in [2.75, 3.05) is 7.11 Å². The van der Waals surface area contributed by atoms with Crippen molar-refractivity contribution in [1.29, 1.82) is 0 Å². The van der Waals surface area contributed by atoms with Crippen LogP contribution in [0.5, 0.6) is 0 Å². The van der Waals surface area contributed by atoms with E-state index in [0.717, 1.165) is 6.42 Å². The molecule has 0 heterocycles. The lowest BCUT2D eigenvalue weighted by atomic mass is 9.68. The molecule has 0 bridgehead atoms. The summed E-state index contributed by atoms with van der Waals surface area (Å²) in [4.78, 5) is 11.1. The van der Waals surface area contributed by atoms with E-state index in [1.165, 1.54) is 7.11 Å². The Hall–Kier alpha value is -0.465. The lowest BCUT2D eigenvalue weighted by molar-refractivity contribution is -0.143. The van der Waals surface area contributed by atoms with Gasteiger partial charge in [0, 0.05) is 0 Å². The van der Waals surface area contributed by atoms with Crippen LogP contribution in [0.1, 0.15) is 40.5 Å². The normalized spacial score (nSPS) is 12.6. The molecule has 14 heavy (non-hydrogen) atoms. The SMILES string of the molecule is [B]CC(C)(C)CC(C)(C)CC(=O)OC. The van der Waals surface area contributed by atoms with Gasteiger partial charge in [-0.1, -0.05) is 34.0 Å². The Bertz CT molecular complexity index is 197. The highest BCUT2D eigenvalue weighted by atomic mass is 16.5. The third-order valence-electron chi connectivity index (χ3n) is 2.36. The summed E-state index contributed by atoms with van der Waals surface area (Å²) >= 11 is 0. The van der Waals surface area contributed by atoms with Crippen molar-refractivity contribution in [1.82, 2.24) is 0 Å². The van der Waals surface area contributed by atoms with Crippen LogP contribution >= 0.6 is 0 Å². The zero-order chi connectivity index (χ0) is 11.4. The third kappa shape index (κ3) is 5.30. The van der Waals surface area contributed by atoms with Gasteiger partial charge in [-0.25, -0.2) is 0 Å². The van der Waals surface area contributed by atoms with Crippen LogP contribution in [0.15, 0.2) is 0 Å². The molecule has 0 aromatic carbocycles. The summed E-state index contributed by atoms with van der Waals surface area (Å²) in [6.45, 7) is 8.38. The Morgan fingerprint density at radius 3 is 2.07 bits per heavy atom. The molecule has 0 saturated carbocycles. The zero-order valence-electron chi connectivity index (χ0n) is 10.0. The number of carbonyl (C=O) groups is 1. The van der Waals surface area contributed by atoms with E-state index in [-0.39, 0.29) is 16.8 Å². The molecule has 3 heteroatoms. The lowest BCUT2D eigenvalue weighted by Crippen LogP contribution is -2.25. The molecule has 0 fully saturated rings. The van der Waals surface area contributed by atoms with Crippen LogP contribution in [-0.2, 0) is 9.53 Å². The van der Waals surface area contributed by atoms with Crippen molar-refractivity contribution in [3.63, 3.8) is 0 Å². The van der Waals surface area contributed by atoms with Gasteiger partial charge in [0.05, 0.1) is 21.4 Å². The smallest absolute Gasteiger partial charge is 0.306 e. The minimum Gasteiger partial charge on any atom is -0.469 e. The van der Waals surface area contributed by atoms with Gasteiger partial charge in [0.2, 0.25) is 0 Å². The number of rotatable bonds is 5. The van der Waals surface area contributed by atoms with E-state index in [9.17, 15) is 4.79 Å². The van der Waals surface area contributed by atoms with Crippen molar-refractivity contribution in [3.8, 4) is 0 Å². The summed E-state index contributed by atoms with van der Waals surface area (Å²) in [5.41, 5.74) is 0.0352. The van der Waals surface area contributed by atoms with Crippen LogP contribution in [-0.4, -0.2) is 20.9 Å². The van der Waals surface area contributed by atoms with E-state index in [1.807, 2.05) is 0 Å². The van der Waals surface area contributed by atoms with E-state index < -0.39 is 0 Å². The molecule has 0 rings (SSSR count). The van der Waals surface area contributed by atoms with Gasteiger partial charge in [-0.3, -0.25) is 4.79 Å². The van der Waals surface area contributed by atoms with E-state index in [2.05, 4.69) is 32.4 Å². The lowest BCUT2D eigenvalue weighted by Gasteiger charge is -2.33. The largest absolute Gasteiger partial charge is 0.469 e. The molecule has 0 unspecified atom stereocenters. The highest BCUT2D eigenvalue weighted by Crippen LogP contribution is 2.38. The maximum atomic E-state index is 11.1. The first kappa shape index (κ1) is 13.5. The summed E-state index contributed by atoms with van der Waals surface area (Å²) < 4.78 is 4.66. The molecule has 2 nitrogen and oxygen atoms in total. The molecule has 0 aromatic rings. The first-order chi connectivity index (χ1) is 6.22. The number of hydrogen-bond donors (Lipinski definition) is 0. The molecule has 0 saturated heterocycles. The molecule has 0 aromatic heterocycles. The number of carbonyl (C=O) groups excluding carboxylic acids is 1. The molecule has 0 N–H and O–H groups in total. The third-order valence-corrected chi connectivity index (χ3v) is 2.36. The van der Waals surface area contributed by atoms with Gasteiger partial charge in [-0.05, 0) is 17.3 Å². The van der Waals surface area contributed by atoms with E-state index >= 15 is 0 Å². The molecule has 2 radical (unpaired) electrons. The monoisotopic (exact) mass is 196 g/mol. The Morgan fingerprint density at radius 2 is 1.71 bits per heavy atom. The van der Waals surface area contributed by atoms with Crippen molar-refractivity contribution >= 4 is 13.8 Å². The summed E-state index contributed by atoms with van der Waals surface area (Å²) in [6.07, 6.45) is 2.01. The fourth-order valence-electron chi connectivity index (χ4n) is 1.89. The molecular weight excluding hydrogens is 175 g/mol. The second-order valence-electron chi connectivity index (χ2n) is 5.46. The second kappa shape index (κ2) is 4.85. The number of ether oxygens (including phenoxy) is 1. The van der Waals surface area contributed by atoms with Gasteiger partial charge in [-0.15, -0.1) is 0 Å². The molecule has 0 aliphatic carbocycles. The summed E-state index contributed by atoms with van der Waals surface area (Å²) in [7, 11) is 7.08. The molecule has 0 amide bonds. The first-order valence-electron chi connectivity index (χ1n) is 4.99. The minimum atomic E-state index is -0.150. The van der Waals surface area contributed by atoms with Crippen molar-refractivity contribution in [2.45, 2.75) is 46.9 Å². The maximum absolute atomic E-state index is 11.1. The molecule has 80 valence electrons. The Morgan fingerprint density at radius 1 is 1.21 bits per heavy atom. The molecular formula is C11H21BO2. The Kier molecular flexibility index (Phi) is 4.69. The summed E-state index contributed by atoms with van der Waals surface area (Å²) in [6, 6.07) is 0. The van der Waals surface area contributed by atoms with Gasteiger partial charge in [0.1, 0.15) is 0 Å². The second-order valence-corrected chi connectivity index (χ2v) is 5.46. The van der Waals surface area contributed by atoms with Crippen LogP contribution in [0.25, 0.3) is 0 Å². The van der Waals surface area contributed by atoms with E-state index in [1.54, 1.807) is 0 Å². The average Bonchev–Trinajstić information content (AvgIpc) is 2.01. The fourth-order valence-corrected chi connectivity index (χ4v) is 1.89. The fraction of sp³-hybridized carbons (Fsp3) is 0.909.